The Labute approximate surface area is 160 Å². The van der Waals surface area contributed by atoms with Crippen molar-refractivity contribution in [2.75, 3.05) is 0 Å². The van der Waals surface area contributed by atoms with Crippen molar-refractivity contribution in [3.63, 3.8) is 0 Å². The molecule has 1 N–H and O–H groups in total. The normalized spacial score (nSPS) is 10.9. The first-order valence-corrected chi connectivity index (χ1v) is 8.90. The highest BCUT2D eigenvalue weighted by Crippen LogP contribution is 2.21. The molecule has 0 bridgehead atoms. The fraction of sp³-hybridized carbons (Fsp3) is 0.118. The molecule has 0 aliphatic rings. The second-order valence-electron chi connectivity index (χ2n) is 5.70. The van der Waals surface area contributed by atoms with Crippen LogP contribution in [0.25, 0.3) is 10.2 Å². The number of benzene rings is 1. The Kier molecular flexibility index (Phi) is 4.72. The summed E-state index contributed by atoms with van der Waals surface area (Å²) in [5.74, 6) is -0.455. The molecule has 0 unspecified atom stereocenters. The van der Waals surface area contributed by atoms with E-state index in [1.807, 2.05) is 30.3 Å². The Bertz CT molecular complexity index is 1250. The Balaban J connectivity index is 1.62. The molecule has 4 aromatic rings. The van der Waals surface area contributed by atoms with Crippen LogP contribution in [0.1, 0.15) is 21.1 Å². The molecule has 1 aromatic carbocycles. The van der Waals surface area contributed by atoms with Crippen LogP contribution in [0.3, 0.4) is 0 Å². The van der Waals surface area contributed by atoms with E-state index in [1.165, 1.54) is 6.07 Å². The fourth-order valence-electron chi connectivity index (χ4n) is 2.52. The monoisotopic (exact) mass is 396 g/mol. The zero-order valence-corrected chi connectivity index (χ0v) is 15.0. The molecule has 3 aromatic heterocycles. The fourth-order valence-corrected chi connectivity index (χ4v) is 3.45. The van der Waals surface area contributed by atoms with Crippen molar-refractivity contribution in [3.05, 3.63) is 79.8 Å². The molecule has 11 heteroatoms. The zero-order valence-electron chi connectivity index (χ0n) is 14.2. The van der Waals surface area contributed by atoms with Crippen LogP contribution < -0.4 is 11.2 Å². The lowest BCUT2D eigenvalue weighted by Crippen LogP contribution is -2.35. The van der Waals surface area contributed by atoms with Crippen LogP contribution in [0.5, 0.6) is 0 Å². The number of H-pyrrole nitrogens is 1. The summed E-state index contributed by atoms with van der Waals surface area (Å²) < 4.78 is 6.20. The number of nitrogens with one attached hydrogen (secondary N) is 1. The first kappa shape index (κ1) is 17.7. The van der Waals surface area contributed by atoms with Crippen LogP contribution in [0.4, 0.5) is 0 Å². The van der Waals surface area contributed by atoms with Crippen LogP contribution in [0.15, 0.2) is 52.3 Å². The number of nitrogens with zero attached hydrogens (tertiary/aromatic N) is 5. The first-order chi connectivity index (χ1) is 13.6. The minimum Gasteiger partial charge on any atom is -0.457 e. The Morgan fingerprint density at radius 3 is 2.64 bits per heavy atom. The number of aromatic nitrogens is 6. The maximum Gasteiger partial charge on any atom is 0.348 e. The molecule has 0 saturated carbocycles. The molecule has 0 aliphatic heterocycles. The largest absolute Gasteiger partial charge is 0.457 e. The molecule has 0 aliphatic carbocycles. The summed E-state index contributed by atoms with van der Waals surface area (Å²) in [7, 11) is 0. The molecule has 0 spiro atoms. The number of esters is 1. The zero-order chi connectivity index (χ0) is 19.5. The first-order valence-electron chi connectivity index (χ1n) is 8.09. The van der Waals surface area contributed by atoms with Gasteiger partial charge < -0.3 is 4.74 Å². The summed E-state index contributed by atoms with van der Waals surface area (Å²) in [4.78, 5) is 40.3. The number of carbonyl (C=O) groups excluding carboxylic acids is 1. The second kappa shape index (κ2) is 7.48. The van der Waals surface area contributed by atoms with Gasteiger partial charge in [0, 0.05) is 0 Å². The van der Waals surface area contributed by atoms with Crippen LogP contribution >= 0.6 is 11.3 Å². The average Bonchev–Trinajstić information content (AvgIpc) is 3.15. The van der Waals surface area contributed by atoms with Crippen LogP contribution in [0.2, 0.25) is 0 Å². The Hall–Kier alpha value is -3.73. The minimum atomic E-state index is -0.643. The van der Waals surface area contributed by atoms with Crippen LogP contribution in [0, 0.1) is 0 Å². The third-order valence-electron chi connectivity index (χ3n) is 3.84. The van der Waals surface area contributed by atoms with Gasteiger partial charge in [0.15, 0.2) is 12.2 Å². The molecule has 10 nitrogen and oxygen atoms in total. The molecule has 0 atom stereocenters. The number of thiophene rings is 1. The smallest absolute Gasteiger partial charge is 0.348 e. The maximum absolute atomic E-state index is 12.7. The highest BCUT2D eigenvalue weighted by Gasteiger charge is 2.17. The Morgan fingerprint density at radius 2 is 1.89 bits per heavy atom. The summed E-state index contributed by atoms with van der Waals surface area (Å²) in [6.45, 7) is -0.0748. The van der Waals surface area contributed by atoms with Gasteiger partial charge in [0.1, 0.15) is 16.3 Å². The lowest BCUT2D eigenvalue weighted by Gasteiger charge is -2.02. The highest BCUT2D eigenvalue weighted by molar-refractivity contribution is 7.20. The lowest BCUT2D eigenvalue weighted by molar-refractivity contribution is 0.0478. The molecule has 0 radical (unpaired) electrons. The quantitative estimate of drug-likeness (QED) is 0.488. The van der Waals surface area contributed by atoms with Crippen molar-refractivity contribution in [2.24, 2.45) is 0 Å². The third-order valence-corrected chi connectivity index (χ3v) is 4.87. The van der Waals surface area contributed by atoms with E-state index in [4.69, 9.17) is 4.74 Å². The summed E-state index contributed by atoms with van der Waals surface area (Å²) in [5.41, 5.74) is -0.363. The van der Waals surface area contributed by atoms with Crippen molar-refractivity contribution in [1.82, 2.24) is 29.9 Å². The molecule has 0 saturated heterocycles. The summed E-state index contributed by atoms with van der Waals surface area (Å²) >= 11 is 0.984. The minimum absolute atomic E-state index is 0.111. The molecule has 3 heterocycles. The van der Waals surface area contributed by atoms with E-state index in [9.17, 15) is 14.4 Å². The molecular formula is C17H12N6O4S. The van der Waals surface area contributed by atoms with Gasteiger partial charge in [0.25, 0.3) is 5.56 Å². The summed E-state index contributed by atoms with van der Waals surface area (Å²) in [6, 6.07) is 10.6. The van der Waals surface area contributed by atoms with Crippen molar-refractivity contribution in [2.45, 2.75) is 13.2 Å². The van der Waals surface area contributed by atoms with E-state index in [1.54, 1.807) is 0 Å². The van der Waals surface area contributed by atoms with Crippen molar-refractivity contribution < 1.29 is 9.53 Å². The third kappa shape index (κ3) is 3.55. The number of rotatable bonds is 5. The van der Waals surface area contributed by atoms with E-state index < -0.39 is 17.2 Å². The van der Waals surface area contributed by atoms with Gasteiger partial charge >= 0.3 is 11.7 Å². The van der Waals surface area contributed by atoms with Gasteiger partial charge in [-0.15, -0.1) is 31.7 Å². The number of ether oxygens (including phenoxy) is 1. The van der Waals surface area contributed by atoms with Crippen LogP contribution in [-0.2, 0) is 17.9 Å². The molecular weight excluding hydrogens is 384 g/mol. The van der Waals surface area contributed by atoms with Crippen molar-refractivity contribution in [1.29, 1.82) is 0 Å². The topological polar surface area (TPSA) is 133 Å². The number of hydrogen-bond donors (Lipinski definition) is 1. The summed E-state index contributed by atoms with van der Waals surface area (Å²) in [5, 5.41) is 14.8. The van der Waals surface area contributed by atoms with E-state index in [-0.39, 0.29) is 29.2 Å². The van der Waals surface area contributed by atoms with Gasteiger partial charge in [-0.3, -0.25) is 14.3 Å². The second-order valence-corrected chi connectivity index (χ2v) is 6.75. The standard InChI is InChI=1S/C17H12N6O4S/c24-15-11-6-12(16(25)27-8-10-4-2-1-3-5-10)28-14(11)20-17(26)23(15)7-13-21-18-9-19-22-13/h1-6,9H,7-8H2,(H,20,26). The number of aromatic amines is 1. The van der Waals surface area contributed by atoms with E-state index in [0.29, 0.717) is 4.83 Å². The molecule has 140 valence electrons. The predicted octanol–water partition coefficient (Wildman–Crippen LogP) is 0.737. The molecule has 4 rings (SSSR count). The van der Waals surface area contributed by atoms with Gasteiger partial charge in [-0.2, -0.15) is 0 Å². The molecule has 0 fully saturated rings. The molecule has 0 amide bonds. The Morgan fingerprint density at radius 1 is 1.14 bits per heavy atom. The molecule has 28 heavy (non-hydrogen) atoms. The van der Waals surface area contributed by atoms with Gasteiger partial charge in [-0.1, -0.05) is 30.3 Å². The van der Waals surface area contributed by atoms with E-state index >= 15 is 0 Å². The van der Waals surface area contributed by atoms with Gasteiger partial charge in [-0.05, 0) is 11.6 Å². The summed E-state index contributed by atoms with van der Waals surface area (Å²) in [6.07, 6.45) is 1.14. The van der Waals surface area contributed by atoms with Crippen molar-refractivity contribution >= 4 is 27.5 Å². The maximum atomic E-state index is 12.7. The van der Waals surface area contributed by atoms with E-state index in [2.05, 4.69) is 25.4 Å². The number of carbonyl (C=O) groups is 1. The lowest BCUT2D eigenvalue weighted by atomic mass is 10.2. The number of hydrogen-bond acceptors (Lipinski definition) is 9. The van der Waals surface area contributed by atoms with Gasteiger partial charge in [0.2, 0.25) is 0 Å². The SMILES string of the molecule is O=C(OCc1ccccc1)c1cc2c(=O)n(Cc3nncnn3)c(=O)[nH]c2s1. The number of fused-ring (bicyclic) bond motifs is 1. The van der Waals surface area contributed by atoms with E-state index in [0.717, 1.165) is 27.8 Å². The van der Waals surface area contributed by atoms with Crippen molar-refractivity contribution in [3.8, 4) is 0 Å². The predicted molar refractivity (Wildman–Crippen MR) is 99.0 cm³/mol. The van der Waals surface area contributed by atoms with Gasteiger partial charge in [0.05, 0.1) is 11.9 Å². The average molecular weight is 396 g/mol. The van der Waals surface area contributed by atoms with Gasteiger partial charge in [-0.25, -0.2) is 9.59 Å². The highest BCUT2D eigenvalue weighted by atomic mass is 32.1. The van der Waals surface area contributed by atoms with Crippen LogP contribution in [-0.4, -0.2) is 35.9 Å².